The van der Waals surface area contributed by atoms with E-state index in [1.165, 1.54) is 0 Å². The highest BCUT2D eigenvalue weighted by atomic mass is 35.5. The van der Waals surface area contributed by atoms with Gasteiger partial charge in [-0.15, -0.1) is 0 Å². The van der Waals surface area contributed by atoms with Gasteiger partial charge < -0.3 is 11.5 Å². The molecule has 12 heteroatoms. The number of nitrogens with two attached hydrogens (primary N) is 2. The Morgan fingerprint density at radius 3 is 1.03 bits per heavy atom. The van der Waals surface area contributed by atoms with Crippen molar-refractivity contribution in [2.75, 3.05) is 0 Å². The number of hydrogen-bond acceptors (Lipinski definition) is 10. The van der Waals surface area contributed by atoms with Crippen LogP contribution in [0.15, 0.2) is 68.5 Å². The highest BCUT2D eigenvalue weighted by molar-refractivity contribution is 7.00. The van der Waals surface area contributed by atoms with Crippen LogP contribution >= 0.6 is 23.2 Å². The fraction of sp³-hybridized carbons (Fsp3) is 0.167. The molecule has 2 heterocycles. The highest BCUT2D eigenvalue weighted by Crippen LogP contribution is 2.29. The number of carbonyl (C=O) groups excluding carboxylic acids is 4. The number of nitrogens with zero attached hydrogens (tertiary/aromatic N) is 4. The average Bonchev–Trinajstić information content (AvgIpc) is 2.88. The lowest BCUT2D eigenvalue weighted by Crippen LogP contribution is -2.50. The van der Waals surface area contributed by atoms with Gasteiger partial charge >= 0.3 is 0 Å². The Kier molecular flexibility index (Phi) is 5.85. The number of benzene rings is 2. The van der Waals surface area contributed by atoms with Gasteiger partial charge in [0.2, 0.25) is 0 Å². The molecule has 2 aliphatic carbocycles. The van der Waals surface area contributed by atoms with E-state index < -0.39 is 24.2 Å². The first-order valence-electron chi connectivity index (χ1n) is 10.7. The lowest BCUT2D eigenvalue weighted by molar-refractivity contribution is 0.0845. The number of hydrogen-bond donors (Lipinski definition) is 2. The monoisotopic (exact) mass is 522 g/mol. The van der Waals surface area contributed by atoms with Gasteiger partial charge in [-0.1, -0.05) is 71.7 Å². The van der Waals surface area contributed by atoms with Crippen molar-refractivity contribution in [3.63, 3.8) is 0 Å². The number of carbonyl (C=O) groups is 4. The molecule has 0 aromatic heterocycles. The molecule has 36 heavy (non-hydrogen) atoms. The summed E-state index contributed by atoms with van der Waals surface area (Å²) in [6.45, 7) is 0. The summed E-state index contributed by atoms with van der Waals surface area (Å²) in [5.41, 5.74) is 12.6. The SMILES string of the molecule is NC1=NC2C(=O)c3ccccc3C(=O)C2N=C1N.O=C1c2ccccc2C(=O)C2N=C(Cl)C(Cl)=NC12. The molecule has 2 aliphatic heterocycles. The van der Waals surface area contributed by atoms with E-state index in [4.69, 9.17) is 34.7 Å². The van der Waals surface area contributed by atoms with Crippen molar-refractivity contribution in [2.45, 2.75) is 24.2 Å². The number of ketones is 4. The number of halogens is 2. The van der Waals surface area contributed by atoms with Gasteiger partial charge in [0.1, 0.15) is 24.2 Å². The number of aliphatic imine (C=N–C) groups is 4. The quantitative estimate of drug-likeness (QED) is 0.532. The van der Waals surface area contributed by atoms with Gasteiger partial charge in [0.05, 0.1) is 0 Å². The summed E-state index contributed by atoms with van der Waals surface area (Å²) in [6.07, 6.45) is 0. The first-order chi connectivity index (χ1) is 17.2. The second-order valence-corrected chi connectivity index (χ2v) is 8.91. The van der Waals surface area contributed by atoms with Crippen LogP contribution in [0.5, 0.6) is 0 Å². The lowest BCUT2D eigenvalue weighted by atomic mass is 9.82. The van der Waals surface area contributed by atoms with Gasteiger partial charge in [0, 0.05) is 22.3 Å². The Hall–Kier alpha value is -4.02. The number of fused-ring (bicyclic) bond motifs is 4. The molecular weight excluding hydrogens is 507 g/mol. The first kappa shape index (κ1) is 23.7. The molecule has 180 valence electrons. The normalized spacial score (nSPS) is 26.1. The summed E-state index contributed by atoms with van der Waals surface area (Å²) in [4.78, 5) is 64.8. The van der Waals surface area contributed by atoms with Crippen molar-refractivity contribution in [1.82, 2.24) is 0 Å². The van der Waals surface area contributed by atoms with E-state index in [-0.39, 0.29) is 45.1 Å². The molecule has 0 fully saturated rings. The second kappa shape index (κ2) is 8.89. The largest absolute Gasteiger partial charge is 0.381 e. The maximum Gasteiger partial charge on any atom is 0.190 e. The minimum Gasteiger partial charge on any atom is -0.381 e. The van der Waals surface area contributed by atoms with Crippen molar-refractivity contribution in [3.05, 3.63) is 70.8 Å². The van der Waals surface area contributed by atoms with E-state index in [2.05, 4.69) is 20.0 Å². The Labute approximate surface area is 213 Å². The maximum absolute atomic E-state index is 12.2. The van der Waals surface area contributed by atoms with Crippen LogP contribution in [0.25, 0.3) is 0 Å². The summed E-state index contributed by atoms with van der Waals surface area (Å²) in [7, 11) is 0. The molecule has 0 bridgehead atoms. The van der Waals surface area contributed by atoms with Crippen LogP contribution in [-0.4, -0.2) is 69.3 Å². The maximum atomic E-state index is 12.2. The molecule has 10 nitrogen and oxygen atoms in total. The fourth-order valence-corrected chi connectivity index (χ4v) is 4.64. The van der Waals surface area contributed by atoms with Crippen LogP contribution in [0, 0.1) is 0 Å². The highest BCUT2D eigenvalue weighted by Gasteiger charge is 2.44. The van der Waals surface area contributed by atoms with E-state index in [9.17, 15) is 19.2 Å². The summed E-state index contributed by atoms with van der Waals surface area (Å²) in [5, 5.41) is -0.0584. The molecule has 4 atom stereocenters. The zero-order valence-electron chi connectivity index (χ0n) is 18.3. The van der Waals surface area contributed by atoms with Crippen molar-refractivity contribution >= 4 is 68.3 Å². The number of rotatable bonds is 0. The van der Waals surface area contributed by atoms with Crippen molar-refractivity contribution in [2.24, 2.45) is 31.4 Å². The number of amidine groups is 2. The van der Waals surface area contributed by atoms with Gasteiger partial charge in [-0.3, -0.25) is 39.1 Å². The summed E-state index contributed by atoms with van der Waals surface area (Å²) >= 11 is 11.5. The predicted molar refractivity (Wildman–Crippen MR) is 135 cm³/mol. The van der Waals surface area contributed by atoms with E-state index in [1.807, 2.05) is 0 Å². The third-order valence-corrected chi connectivity index (χ3v) is 6.73. The van der Waals surface area contributed by atoms with Crippen LogP contribution in [-0.2, 0) is 0 Å². The fourth-order valence-electron chi connectivity index (χ4n) is 4.34. The van der Waals surface area contributed by atoms with E-state index in [0.29, 0.717) is 22.3 Å². The minimum atomic E-state index is -0.887. The first-order valence-corrected chi connectivity index (χ1v) is 11.4. The van der Waals surface area contributed by atoms with Crippen LogP contribution < -0.4 is 11.5 Å². The zero-order valence-corrected chi connectivity index (χ0v) is 19.8. The lowest BCUT2D eigenvalue weighted by Gasteiger charge is -2.28. The van der Waals surface area contributed by atoms with Gasteiger partial charge in [-0.2, -0.15) is 0 Å². The molecule has 0 saturated carbocycles. The molecule has 2 aromatic carbocycles. The molecule has 0 amide bonds. The average molecular weight is 523 g/mol. The Morgan fingerprint density at radius 2 is 0.750 bits per heavy atom. The third-order valence-electron chi connectivity index (χ3n) is 6.08. The van der Waals surface area contributed by atoms with E-state index >= 15 is 0 Å². The van der Waals surface area contributed by atoms with Crippen molar-refractivity contribution < 1.29 is 19.2 Å². The van der Waals surface area contributed by atoms with Gasteiger partial charge in [-0.05, 0) is 0 Å². The van der Waals surface area contributed by atoms with Gasteiger partial charge in [-0.25, -0.2) is 0 Å². The summed E-state index contributed by atoms with van der Waals surface area (Å²) < 4.78 is 0. The second-order valence-electron chi connectivity index (χ2n) is 8.20. The minimum absolute atomic E-state index is 0.0109. The predicted octanol–water partition coefficient (Wildman–Crippen LogP) is 1.62. The van der Waals surface area contributed by atoms with Crippen molar-refractivity contribution in [1.29, 1.82) is 0 Å². The third kappa shape index (κ3) is 3.75. The molecule has 6 rings (SSSR count). The van der Waals surface area contributed by atoms with Crippen LogP contribution in [0.3, 0.4) is 0 Å². The summed E-state index contributed by atoms with van der Waals surface area (Å²) in [5.74, 6) is -0.958. The van der Waals surface area contributed by atoms with E-state index in [1.54, 1.807) is 48.5 Å². The Bertz CT molecular complexity index is 1270. The van der Waals surface area contributed by atoms with Crippen LogP contribution in [0.4, 0.5) is 0 Å². The van der Waals surface area contributed by atoms with Crippen LogP contribution in [0.1, 0.15) is 41.4 Å². The smallest absolute Gasteiger partial charge is 0.190 e. The molecule has 0 spiro atoms. The van der Waals surface area contributed by atoms with Gasteiger partial charge in [0.15, 0.2) is 45.1 Å². The summed E-state index contributed by atoms with van der Waals surface area (Å²) in [6, 6.07) is 9.73. The molecule has 4 aliphatic rings. The zero-order chi connectivity index (χ0) is 25.7. The van der Waals surface area contributed by atoms with Crippen LogP contribution in [0.2, 0.25) is 0 Å². The van der Waals surface area contributed by atoms with E-state index in [0.717, 1.165) is 0 Å². The van der Waals surface area contributed by atoms with Gasteiger partial charge in [0.25, 0.3) is 0 Å². The van der Waals surface area contributed by atoms with Crippen molar-refractivity contribution in [3.8, 4) is 0 Å². The Morgan fingerprint density at radius 1 is 0.500 bits per heavy atom. The molecule has 4 N–H and O–H groups in total. The standard InChI is InChI=1S/C12H6Cl2N2O2.C12H10N4O2/c2*13-11-12(14)16-8-7(15-11)9(17)5-3-1-2-4-6(5)10(8)18/h1-4,7-8H;1-4,7-8H,(H2,13,15)(H2,14,16). The molecule has 4 unspecified atom stereocenters. The Balaban J connectivity index is 0.000000148. The molecular formula is C24H16Cl2N6O4. The number of Topliss-reactive ketones (excluding diaryl/α,β-unsaturated/α-hetero) is 4. The molecule has 0 radical (unpaired) electrons. The molecule has 0 saturated heterocycles. The topological polar surface area (TPSA) is 170 Å². The molecule has 2 aromatic rings.